The minimum atomic E-state index is -3.77. The monoisotopic (exact) mass is 326 g/mol. The lowest BCUT2D eigenvalue weighted by Gasteiger charge is -2.10. The molecule has 8 heteroatoms. The Morgan fingerprint density at radius 1 is 1.24 bits per heavy atom. The quantitative estimate of drug-likeness (QED) is 0.882. The van der Waals surface area contributed by atoms with Gasteiger partial charge in [-0.15, -0.1) is 0 Å². The number of nitrogens with one attached hydrogen (secondary N) is 2. The highest BCUT2D eigenvalue weighted by Gasteiger charge is 2.17. The number of hydrogen-bond acceptors (Lipinski definition) is 5. The zero-order valence-electron chi connectivity index (χ0n) is 11.6. The maximum Gasteiger partial charge on any atom is 0.265 e. The predicted octanol–water partition coefficient (Wildman–Crippen LogP) is 2.67. The van der Waals surface area contributed by atoms with E-state index >= 15 is 0 Å². The van der Waals surface area contributed by atoms with Gasteiger partial charge in [0.1, 0.15) is 4.90 Å². The van der Waals surface area contributed by atoms with Crippen molar-refractivity contribution in [1.29, 1.82) is 0 Å². The lowest BCUT2D eigenvalue weighted by molar-refractivity contribution is 0.600. The average molecular weight is 327 g/mol. The number of aryl methyl sites for hydroxylation is 1. The van der Waals surface area contributed by atoms with Crippen molar-refractivity contribution in [2.75, 3.05) is 16.6 Å². The van der Waals surface area contributed by atoms with E-state index in [0.717, 1.165) is 5.56 Å². The summed E-state index contributed by atoms with van der Waals surface area (Å²) in [5, 5.41) is 3.23. The van der Waals surface area contributed by atoms with Crippen molar-refractivity contribution in [3.05, 3.63) is 41.2 Å². The molecule has 0 radical (unpaired) electrons. The van der Waals surface area contributed by atoms with E-state index in [9.17, 15) is 8.42 Å². The molecule has 0 aliphatic rings. The van der Waals surface area contributed by atoms with Crippen LogP contribution in [-0.2, 0) is 10.0 Å². The predicted molar refractivity (Wildman–Crippen MR) is 83.2 cm³/mol. The van der Waals surface area contributed by atoms with Crippen molar-refractivity contribution in [3.63, 3.8) is 0 Å². The molecule has 112 valence electrons. The fraction of sp³-hybridized carbons (Fsp3) is 0.231. The Hall–Kier alpha value is -1.86. The van der Waals surface area contributed by atoms with Crippen molar-refractivity contribution in [2.45, 2.75) is 18.7 Å². The SMILES string of the molecule is CCNc1ncc(S(=O)(=O)Nc2ccc(C)cc2Cl)cn1. The average Bonchev–Trinajstić information content (AvgIpc) is 2.43. The minimum absolute atomic E-state index is 0.0270. The Bertz CT molecular complexity index is 732. The molecule has 2 aromatic rings. The normalized spacial score (nSPS) is 11.2. The number of halogens is 1. The molecule has 0 spiro atoms. The van der Waals surface area contributed by atoms with Crippen LogP contribution in [0.2, 0.25) is 5.02 Å². The summed E-state index contributed by atoms with van der Waals surface area (Å²) in [6.45, 7) is 4.43. The first-order chi connectivity index (χ1) is 9.92. The molecule has 0 bridgehead atoms. The van der Waals surface area contributed by atoms with Gasteiger partial charge in [0.15, 0.2) is 0 Å². The fourth-order valence-corrected chi connectivity index (χ4v) is 2.92. The van der Waals surface area contributed by atoms with Crippen molar-refractivity contribution in [2.24, 2.45) is 0 Å². The van der Waals surface area contributed by atoms with Crippen LogP contribution in [0, 0.1) is 6.92 Å². The van der Waals surface area contributed by atoms with Crippen molar-refractivity contribution < 1.29 is 8.42 Å². The van der Waals surface area contributed by atoms with Crippen LogP contribution in [0.25, 0.3) is 0 Å². The molecular weight excluding hydrogens is 312 g/mol. The Labute approximate surface area is 128 Å². The maximum atomic E-state index is 12.2. The van der Waals surface area contributed by atoms with E-state index in [1.807, 2.05) is 13.8 Å². The van der Waals surface area contributed by atoms with Crippen LogP contribution in [-0.4, -0.2) is 24.9 Å². The molecule has 1 heterocycles. The van der Waals surface area contributed by atoms with Gasteiger partial charge in [0.25, 0.3) is 10.0 Å². The van der Waals surface area contributed by atoms with Crippen molar-refractivity contribution in [1.82, 2.24) is 9.97 Å². The van der Waals surface area contributed by atoms with Gasteiger partial charge < -0.3 is 5.32 Å². The second kappa shape index (κ2) is 6.28. The zero-order chi connectivity index (χ0) is 15.5. The van der Waals surface area contributed by atoms with Crippen LogP contribution in [0.4, 0.5) is 11.6 Å². The van der Waals surface area contributed by atoms with Crippen LogP contribution in [0.1, 0.15) is 12.5 Å². The summed E-state index contributed by atoms with van der Waals surface area (Å²) in [6, 6.07) is 5.07. The van der Waals surface area contributed by atoms with Gasteiger partial charge in [-0.3, -0.25) is 4.72 Å². The molecule has 0 aliphatic heterocycles. The Morgan fingerprint density at radius 2 is 1.90 bits per heavy atom. The van der Waals surface area contributed by atoms with Crippen LogP contribution in [0.15, 0.2) is 35.5 Å². The number of anilines is 2. The highest BCUT2D eigenvalue weighted by molar-refractivity contribution is 7.92. The lowest BCUT2D eigenvalue weighted by atomic mass is 10.2. The Morgan fingerprint density at radius 3 is 2.48 bits per heavy atom. The third-order valence-electron chi connectivity index (χ3n) is 2.64. The van der Waals surface area contributed by atoms with Gasteiger partial charge >= 0.3 is 0 Å². The number of nitrogens with zero attached hydrogens (tertiary/aromatic N) is 2. The number of aromatic nitrogens is 2. The molecule has 1 aromatic carbocycles. The molecule has 2 rings (SSSR count). The first-order valence-corrected chi connectivity index (χ1v) is 8.13. The number of rotatable bonds is 5. The zero-order valence-corrected chi connectivity index (χ0v) is 13.2. The van der Waals surface area contributed by atoms with Crippen LogP contribution in [0.3, 0.4) is 0 Å². The largest absolute Gasteiger partial charge is 0.355 e. The molecule has 0 fully saturated rings. The summed E-state index contributed by atoms with van der Waals surface area (Å²) in [5.74, 6) is 0.379. The van der Waals surface area contributed by atoms with E-state index in [0.29, 0.717) is 23.2 Å². The molecular formula is C13H15ClN4O2S. The highest BCUT2D eigenvalue weighted by Crippen LogP contribution is 2.25. The smallest absolute Gasteiger partial charge is 0.265 e. The van der Waals surface area contributed by atoms with E-state index in [1.54, 1.807) is 18.2 Å². The molecule has 21 heavy (non-hydrogen) atoms. The van der Waals surface area contributed by atoms with E-state index in [4.69, 9.17) is 11.6 Å². The van der Waals surface area contributed by atoms with Gasteiger partial charge in [-0.25, -0.2) is 18.4 Å². The summed E-state index contributed by atoms with van der Waals surface area (Å²) in [4.78, 5) is 7.85. The summed E-state index contributed by atoms with van der Waals surface area (Å²) in [6.07, 6.45) is 2.49. The van der Waals surface area contributed by atoms with E-state index in [2.05, 4.69) is 20.0 Å². The molecule has 1 aromatic heterocycles. The fourth-order valence-electron chi connectivity index (χ4n) is 1.61. The van der Waals surface area contributed by atoms with Gasteiger partial charge in [-0.05, 0) is 31.5 Å². The van der Waals surface area contributed by atoms with Gasteiger partial charge in [0, 0.05) is 6.54 Å². The summed E-state index contributed by atoms with van der Waals surface area (Å²) < 4.78 is 26.9. The van der Waals surface area contributed by atoms with E-state index in [-0.39, 0.29) is 4.90 Å². The molecule has 0 atom stereocenters. The van der Waals surface area contributed by atoms with E-state index < -0.39 is 10.0 Å². The third-order valence-corrected chi connectivity index (χ3v) is 4.28. The first-order valence-electron chi connectivity index (χ1n) is 6.27. The topological polar surface area (TPSA) is 84.0 Å². The summed E-state index contributed by atoms with van der Waals surface area (Å²) in [5.41, 5.74) is 1.26. The highest BCUT2D eigenvalue weighted by atomic mass is 35.5. The second-order valence-corrected chi connectivity index (χ2v) is 6.45. The Kier molecular flexibility index (Phi) is 4.64. The molecule has 0 saturated carbocycles. The first kappa shape index (κ1) is 15.5. The van der Waals surface area contributed by atoms with E-state index in [1.165, 1.54) is 12.4 Å². The van der Waals surface area contributed by atoms with Gasteiger partial charge in [0.2, 0.25) is 5.95 Å². The van der Waals surface area contributed by atoms with Crippen LogP contribution < -0.4 is 10.0 Å². The molecule has 2 N–H and O–H groups in total. The summed E-state index contributed by atoms with van der Waals surface area (Å²) >= 11 is 6.02. The Balaban J connectivity index is 2.25. The van der Waals surface area contributed by atoms with Gasteiger partial charge in [-0.1, -0.05) is 17.7 Å². The maximum absolute atomic E-state index is 12.2. The number of hydrogen-bond donors (Lipinski definition) is 2. The molecule has 0 unspecified atom stereocenters. The van der Waals surface area contributed by atoms with Crippen molar-refractivity contribution >= 4 is 33.3 Å². The van der Waals surface area contributed by atoms with Crippen molar-refractivity contribution in [3.8, 4) is 0 Å². The standard InChI is InChI=1S/C13H15ClN4O2S/c1-3-15-13-16-7-10(8-17-13)21(19,20)18-12-5-4-9(2)6-11(12)14/h4-8,18H,3H2,1-2H3,(H,15,16,17). The number of sulfonamides is 1. The second-order valence-electron chi connectivity index (χ2n) is 4.36. The third kappa shape index (κ3) is 3.83. The van der Waals surface area contributed by atoms with Crippen LogP contribution in [0.5, 0.6) is 0 Å². The number of benzene rings is 1. The van der Waals surface area contributed by atoms with Gasteiger partial charge in [-0.2, -0.15) is 0 Å². The molecule has 0 amide bonds. The molecule has 0 aliphatic carbocycles. The molecule has 0 saturated heterocycles. The summed E-state index contributed by atoms with van der Waals surface area (Å²) in [7, 11) is -3.77. The van der Waals surface area contributed by atoms with Gasteiger partial charge in [0.05, 0.1) is 23.1 Å². The lowest BCUT2D eigenvalue weighted by Crippen LogP contribution is -2.14. The minimum Gasteiger partial charge on any atom is -0.355 e. The van der Waals surface area contributed by atoms with Crippen LogP contribution >= 0.6 is 11.6 Å². The molecule has 6 nitrogen and oxygen atoms in total.